The van der Waals surface area contributed by atoms with E-state index in [9.17, 15) is 9.59 Å². The highest BCUT2D eigenvalue weighted by atomic mass is 16.2. The zero-order valence-corrected chi connectivity index (χ0v) is 9.16. The van der Waals surface area contributed by atoms with Crippen molar-refractivity contribution in [3.05, 3.63) is 0 Å². The number of hydrogen-bond acceptors (Lipinski definition) is 3. The Labute approximate surface area is 90.0 Å². The van der Waals surface area contributed by atoms with Crippen LogP contribution in [0.2, 0.25) is 0 Å². The van der Waals surface area contributed by atoms with Crippen molar-refractivity contribution in [1.82, 2.24) is 10.2 Å². The molecule has 2 amide bonds. The molecule has 84 valence electrons. The minimum absolute atomic E-state index is 0.0184. The van der Waals surface area contributed by atoms with Gasteiger partial charge in [0.2, 0.25) is 11.8 Å². The predicted molar refractivity (Wildman–Crippen MR) is 56.1 cm³/mol. The fourth-order valence-corrected chi connectivity index (χ4v) is 1.93. The summed E-state index contributed by atoms with van der Waals surface area (Å²) in [6.45, 7) is 3.44. The van der Waals surface area contributed by atoms with Crippen LogP contribution in [0.4, 0.5) is 0 Å². The van der Waals surface area contributed by atoms with Gasteiger partial charge in [-0.05, 0) is 31.7 Å². The molecule has 0 radical (unpaired) electrons. The van der Waals surface area contributed by atoms with Gasteiger partial charge in [0.25, 0.3) is 0 Å². The number of imide groups is 1. The smallest absolute Gasteiger partial charge is 0.246 e. The first-order valence-corrected chi connectivity index (χ1v) is 5.80. The number of nitrogens with zero attached hydrogens (tertiary/aromatic N) is 1. The van der Waals surface area contributed by atoms with Gasteiger partial charge in [0.05, 0.1) is 12.5 Å². The van der Waals surface area contributed by atoms with Crippen molar-refractivity contribution in [1.29, 1.82) is 0 Å². The van der Waals surface area contributed by atoms with Crippen LogP contribution in [0.1, 0.15) is 32.6 Å². The standard InChI is InChI=1S/C11H18N2O2/c1-2-5-13-10(14)6-9(11(13)15)12-7-8-3-4-8/h8-9,12H,2-7H2,1H3. The molecule has 4 heteroatoms. The second-order valence-corrected chi connectivity index (χ2v) is 4.49. The van der Waals surface area contributed by atoms with E-state index < -0.39 is 0 Å². The lowest BCUT2D eigenvalue weighted by Crippen LogP contribution is -2.39. The largest absolute Gasteiger partial charge is 0.305 e. The molecule has 1 saturated carbocycles. The maximum absolute atomic E-state index is 11.8. The number of nitrogens with one attached hydrogen (secondary N) is 1. The highest BCUT2D eigenvalue weighted by molar-refractivity contribution is 6.05. The Morgan fingerprint density at radius 3 is 2.73 bits per heavy atom. The Hall–Kier alpha value is -0.900. The summed E-state index contributed by atoms with van der Waals surface area (Å²) in [6.07, 6.45) is 3.72. The Kier molecular flexibility index (Phi) is 3.05. The molecule has 1 heterocycles. The first kappa shape index (κ1) is 10.6. The van der Waals surface area contributed by atoms with Gasteiger partial charge in [-0.25, -0.2) is 0 Å². The summed E-state index contributed by atoms with van der Waals surface area (Å²) in [5, 5.41) is 3.20. The zero-order chi connectivity index (χ0) is 10.8. The second-order valence-electron chi connectivity index (χ2n) is 4.49. The van der Waals surface area contributed by atoms with Crippen molar-refractivity contribution in [2.45, 2.75) is 38.6 Å². The third kappa shape index (κ3) is 2.37. The monoisotopic (exact) mass is 210 g/mol. The lowest BCUT2D eigenvalue weighted by molar-refractivity contribution is -0.138. The topological polar surface area (TPSA) is 49.4 Å². The zero-order valence-electron chi connectivity index (χ0n) is 9.16. The van der Waals surface area contributed by atoms with Crippen molar-refractivity contribution < 1.29 is 9.59 Å². The molecule has 1 saturated heterocycles. The van der Waals surface area contributed by atoms with Crippen molar-refractivity contribution in [2.24, 2.45) is 5.92 Å². The molecule has 0 bridgehead atoms. The fraction of sp³-hybridized carbons (Fsp3) is 0.818. The second kappa shape index (κ2) is 4.31. The molecule has 0 spiro atoms. The molecule has 4 nitrogen and oxygen atoms in total. The molecule has 15 heavy (non-hydrogen) atoms. The Morgan fingerprint density at radius 1 is 1.40 bits per heavy atom. The van der Waals surface area contributed by atoms with E-state index in [0.29, 0.717) is 13.0 Å². The molecule has 1 unspecified atom stereocenters. The van der Waals surface area contributed by atoms with Crippen molar-refractivity contribution in [2.75, 3.05) is 13.1 Å². The minimum Gasteiger partial charge on any atom is -0.305 e. The summed E-state index contributed by atoms with van der Waals surface area (Å²) in [4.78, 5) is 24.7. The van der Waals surface area contributed by atoms with E-state index in [0.717, 1.165) is 18.9 Å². The van der Waals surface area contributed by atoms with Crippen LogP contribution in [0.15, 0.2) is 0 Å². The summed E-state index contributed by atoms with van der Waals surface area (Å²) in [7, 11) is 0. The van der Waals surface area contributed by atoms with Crippen LogP contribution in [0.25, 0.3) is 0 Å². The summed E-state index contributed by atoms with van der Waals surface area (Å²) in [5.74, 6) is 0.700. The number of carbonyl (C=O) groups excluding carboxylic acids is 2. The SMILES string of the molecule is CCCN1C(=O)CC(NCC2CC2)C1=O. The maximum atomic E-state index is 11.8. The Morgan fingerprint density at radius 2 is 2.13 bits per heavy atom. The molecule has 2 fully saturated rings. The van der Waals surface area contributed by atoms with Gasteiger partial charge in [-0.15, -0.1) is 0 Å². The first-order valence-electron chi connectivity index (χ1n) is 5.80. The molecule has 1 aliphatic heterocycles. The van der Waals surface area contributed by atoms with Gasteiger partial charge in [0, 0.05) is 6.54 Å². The van der Waals surface area contributed by atoms with Crippen molar-refractivity contribution in [3.63, 3.8) is 0 Å². The number of rotatable bonds is 5. The predicted octanol–water partition coefficient (Wildman–Crippen LogP) is 0.523. The lowest BCUT2D eigenvalue weighted by atomic mass is 10.2. The number of hydrogen-bond donors (Lipinski definition) is 1. The molecular formula is C11H18N2O2. The third-order valence-corrected chi connectivity index (χ3v) is 3.04. The summed E-state index contributed by atoms with van der Waals surface area (Å²) in [6, 6.07) is -0.246. The molecule has 2 rings (SSSR count). The van der Waals surface area contributed by atoms with Gasteiger partial charge in [-0.3, -0.25) is 14.5 Å². The molecule has 1 N–H and O–H groups in total. The van der Waals surface area contributed by atoms with Crippen LogP contribution < -0.4 is 5.32 Å². The average molecular weight is 210 g/mol. The summed E-state index contributed by atoms with van der Waals surface area (Å²) in [5.41, 5.74) is 0. The number of amides is 2. The molecule has 0 aromatic rings. The normalized spacial score (nSPS) is 26.5. The quantitative estimate of drug-likeness (QED) is 0.673. The van der Waals surface area contributed by atoms with Crippen molar-refractivity contribution in [3.8, 4) is 0 Å². The minimum atomic E-state index is -0.246. The van der Waals surface area contributed by atoms with Gasteiger partial charge >= 0.3 is 0 Å². The Balaban J connectivity index is 1.85. The van der Waals surface area contributed by atoms with Crippen LogP contribution in [-0.2, 0) is 9.59 Å². The van der Waals surface area contributed by atoms with Crippen molar-refractivity contribution >= 4 is 11.8 Å². The van der Waals surface area contributed by atoms with E-state index >= 15 is 0 Å². The van der Waals surface area contributed by atoms with Gasteiger partial charge in [0.15, 0.2) is 0 Å². The van der Waals surface area contributed by atoms with E-state index in [1.165, 1.54) is 17.7 Å². The van der Waals surface area contributed by atoms with Gasteiger partial charge < -0.3 is 5.32 Å². The maximum Gasteiger partial charge on any atom is 0.246 e. The van der Waals surface area contributed by atoms with Gasteiger partial charge in [-0.1, -0.05) is 6.92 Å². The van der Waals surface area contributed by atoms with E-state index in [1.807, 2.05) is 6.92 Å². The van der Waals surface area contributed by atoms with Crippen LogP contribution in [0.3, 0.4) is 0 Å². The summed E-state index contributed by atoms with van der Waals surface area (Å²) < 4.78 is 0. The van der Waals surface area contributed by atoms with Gasteiger partial charge in [-0.2, -0.15) is 0 Å². The summed E-state index contributed by atoms with van der Waals surface area (Å²) >= 11 is 0. The van der Waals surface area contributed by atoms with E-state index in [1.54, 1.807) is 0 Å². The molecule has 1 atom stereocenters. The van der Waals surface area contributed by atoms with Gasteiger partial charge in [0.1, 0.15) is 0 Å². The number of carbonyl (C=O) groups is 2. The van der Waals surface area contributed by atoms with Crippen LogP contribution >= 0.6 is 0 Å². The van der Waals surface area contributed by atoms with Crippen LogP contribution in [-0.4, -0.2) is 35.8 Å². The Bertz CT molecular complexity index is 274. The first-order chi connectivity index (χ1) is 7.22. The number of likely N-dealkylation sites (tertiary alicyclic amines) is 1. The van der Waals surface area contributed by atoms with E-state index in [-0.39, 0.29) is 17.9 Å². The molecule has 0 aromatic heterocycles. The molecule has 0 aromatic carbocycles. The third-order valence-electron chi connectivity index (χ3n) is 3.04. The highest BCUT2D eigenvalue weighted by Gasteiger charge is 2.38. The van der Waals surface area contributed by atoms with E-state index in [4.69, 9.17) is 0 Å². The fourth-order valence-electron chi connectivity index (χ4n) is 1.93. The average Bonchev–Trinajstić information content (AvgIpc) is 2.99. The van der Waals surface area contributed by atoms with Crippen LogP contribution in [0, 0.1) is 5.92 Å². The molecule has 2 aliphatic rings. The van der Waals surface area contributed by atoms with E-state index in [2.05, 4.69) is 5.32 Å². The lowest BCUT2D eigenvalue weighted by Gasteiger charge is -2.14. The molecular weight excluding hydrogens is 192 g/mol. The van der Waals surface area contributed by atoms with Crippen LogP contribution in [0.5, 0.6) is 0 Å². The molecule has 1 aliphatic carbocycles. The highest BCUT2D eigenvalue weighted by Crippen LogP contribution is 2.28.